The van der Waals surface area contributed by atoms with Gasteiger partial charge in [-0.25, -0.2) is 0 Å². The van der Waals surface area contributed by atoms with E-state index in [1.54, 1.807) is 0 Å². The number of amides is 1. The molecule has 0 aromatic carbocycles. The van der Waals surface area contributed by atoms with Crippen molar-refractivity contribution < 1.29 is 4.79 Å². The molecule has 0 spiro atoms. The van der Waals surface area contributed by atoms with Crippen molar-refractivity contribution in [1.29, 1.82) is 0 Å². The van der Waals surface area contributed by atoms with Crippen LogP contribution in [0.5, 0.6) is 0 Å². The highest BCUT2D eigenvalue weighted by atomic mass is 16.1. The van der Waals surface area contributed by atoms with Crippen molar-refractivity contribution in [2.75, 3.05) is 6.54 Å². The highest BCUT2D eigenvalue weighted by Gasteiger charge is 2.43. The van der Waals surface area contributed by atoms with Gasteiger partial charge in [-0.3, -0.25) is 4.79 Å². The molecule has 1 atom stereocenters. The molecular weight excluding hydrogens is 186 g/mol. The van der Waals surface area contributed by atoms with Crippen molar-refractivity contribution in [3.8, 4) is 0 Å². The van der Waals surface area contributed by atoms with Gasteiger partial charge in [0.25, 0.3) is 0 Å². The van der Waals surface area contributed by atoms with E-state index in [0.717, 1.165) is 38.6 Å². The quantitative estimate of drug-likeness (QED) is 0.515. The van der Waals surface area contributed by atoms with Crippen molar-refractivity contribution in [2.24, 2.45) is 5.92 Å². The van der Waals surface area contributed by atoms with E-state index in [1.807, 2.05) is 4.90 Å². The summed E-state index contributed by atoms with van der Waals surface area (Å²) in [5.74, 6) is 0.478. The van der Waals surface area contributed by atoms with E-state index in [-0.39, 0.29) is 5.54 Å². The van der Waals surface area contributed by atoms with Crippen LogP contribution in [0.15, 0.2) is 12.2 Å². The maximum atomic E-state index is 11.2. The second-order valence-corrected chi connectivity index (χ2v) is 4.48. The minimum Gasteiger partial charge on any atom is -0.339 e. The van der Waals surface area contributed by atoms with Gasteiger partial charge >= 0.3 is 0 Å². The normalized spacial score (nSPS) is 25.4. The topological polar surface area (TPSA) is 20.3 Å². The molecular formula is C13H23NO. The number of carbonyl (C=O) groups excluding carboxylic acids is 1. The first-order valence-corrected chi connectivity index (χ1v) is 6.05. The third-order valence-corrected chi connectivity index (χ3v) is 4.15. The first-order valence-electron chi connectivity index (χ1n) is 6.05. The molecule has 1 aliphatic heterocycles. The summed E-state index contributed by atoms with van der Waals surface area (Å²) in [6.45, 7) is 11.6. The standard InChI is InChI=1S/C13H23NO/c1-5-12-11(4)8-9-14(10-15)13(12,6-2)7-3/h10,12H,4-9H2,1-3H3. The second-order valence-electron chi connectivity index (χ2n) is 4.48. The third-order valence-electron chi connectivity index (χ3n) is 4.15. The molecule has 86 valence electrons. The molecule has 1 unspecified atom stereocenters. The Kier molecular flexibility index (Phi) is 3.95. The lowest BCUT2D eigenvalue weighted by molar-refractivity contribution is -0.128. The molecule has 0 aliphatic carbocycles. The summed E-state index contributed by atoms with van der Waals surface area (Å²) in [5, 5.41) is 0. The predicted molar refractivity (Wildman–Crippen MR) is 63.6 cm³/mol. The number of piperidine rings is 1. The summed E-state index contributed by atoms with van der Waals surface area (Å²) >= 11 is 0. The lowest BCUT2D eigenvalue weighted by Crippen LogP contribution is -2.56. The van der Waals surface area contributed by atoms with Crippen LogP contribution in [-0.2, 0) is 4.79 Å². The summed E-state index contributed by atoms with van der Waals surface area (Å²) in [6, 6.07) is 0. The van der Waals surface area contributed by atoms with E-state index in [0.29, 0.717) is 5.92 Å². The van der Waals surface area contributed by atoms with Crippen molar-refractivity contribution in [1.82, 2.24) is 4.90 Å². The molecule has 1 fully saturated rings. The Morgan fingerprint density at radius 2 is 2.07 bits per heavy atom. The van der Waals surface area contributed by atoms with Crippen molar-refractivity contribution in [3.05, 3.63) is 12.2 Å². The molecule has 1 saturated heterocycles. The zero-order valence-electron chi connectivity index (χ0n) is 10.3. The van der Waals surface area contributed by atoms with Crippen molar-refractivity contribution in [3.63, 3.8) is 0 Å². The Hall–Kier alpha value is -0.790. The maximum absolute atomic E-state index is 11.2. The molecule has 0 aromatic heterocycles. The number of hydrogen-bond donors (Lipinski definition) is 0. The molecule has 0 saturated carbocycles. The van der Waals surface area contributed by atoms with Gasteiger partial charge in [0, 0.05) is 18.0 Å². The lowest BCUT2D eigenvalue weighted by Gasteiger charge is -2.51. The van der Waals surface area contributed by atoms with Gasteiger partial charge in [-0.2, -0.15) is 0 Å². The van der Waals surface area contributed by atoms with E-state index in [4.69, 9.17) is 0 Å². The van der Waals surface area contributed by atoms with Gasteiger partial charge in [0.15, 0.2) is 0 Å². The van der Waals surface area contributed by atoms with E-state index >= 15 is 0 Å². The summed E-state index contributed by atoms with van der Waals surface area (Å²) in [4.78, 5) is 13.2. The molecule has 0 aromatic rings. The van der Waals surface area contributed by atoms with Gasteiger partial charge in [-0.15, -0.1) is 0 Å². The van der Waals surface area contributed by atoms with Crippen LogP contribution in [0.4, 0.5) is 0 Å². The van der Waals surface area contributed by atoms with Gasteiger partial charge in [0.1, 0.15) is 0 Å². The predicted octanol–water partition coefficient (Wildman–Crippen LogP) is 2.99. The first-order chi connectivity index (χ1) is 7.16. The summed E-state index contributed by atoms with van der Waals surface area (Å²) in [5.41, 5.74) is 1.37. The fraction of sp³-hybridized carbons (Fsp3) is 0.769. The molecule has 1 aliphatic rings. The highest BCUT2D eigenvalue weighted by Crippen LogP contribution is 2.42. The number of rotatable bonds is 4. The zero-order chi connectivity index (χ0) is 11.5. The van der Waals surface area contributed by atoms with Crippen LogP contribution in [0.2, 0.25) is 0 Å². The highest BCUT2D eigenvalue weighted by molar-refractivity contribution is 5.50. The summed E-state index contributed by atoms with van der Waals surface area (Å²) in [6.07, 6.45) is 5.14. The van der Waals surface area contributed by atoms with Crippen LogP contribution in [0.25, 0.3) is 0 Å². The van der Waals surface area contributed by atoms with Crippen molar-refractivity contribution >= 4 is 6.41 Å². The zero-order valence-corrected chi connectivity index (χ0v) is 10.3. The van der Waals surface area contributed by atoms with Crippen LogP contribution in [0, 0.1) is 5.92 Å². The van der Waals surface area contributed by atoms with Crippen LogP contribution in [-0.4, -0.2) is 23.4 Å². The van der Waals surface area contributed by atoms with Gasteiger partial charge in [-0.1, -0.05) is 32.9 Å². The summed E-state index contributed by atoms with van der Waals surface area (Å²) in [7, 11) is 0. The minimum absolute atomic E-state index is 0.0336. The number of nitrogens with zero attached hydrogens (tertiary/aromatic N) is 1. The Morgan fingerprint density at radius 3 is 2.47 bits per heavy atom. The van der Waals surface area contributed by atoms with E-state index in [9.17, 15) is 4.79 Å². The lowest BCUT2D eigenvalue weighted by atomic mass is 9.70. The molecule has 1 rings (SSSR count). The minimum atomic E-state index is 0.0336. The van der Waals surface area contributed by atoms with Gasteiger partial charge in [-0.05, 0) is 25.7 Å². The Labute approximate surface area is 93.3 Å². The largest absolute Gasteiger partial charge is 0.339 e. The van der Waals surface area contributed by atoms with Crippen LogP contribution in [0.3, 0.4) is 0 Å². The molecule has 15 heavy (non-hydrogen) atoms. The second kappa shape index (κ2) is 4.82. The summed E-state index contributed by atoms with van der Waals surface area (Å²) < 4.78 is 0. The monoisotopic (exact) mass is 209 g/mol. The molecule has 0 radical (unpaired) electrons. The number of carbonyl (C=O) groups is 1. The molecule has 1 amide bonds. The van der Waals surface area contributed by atoms with E-state index < -0.39 is 0 Å². The smallest absolute Gasteiger partial charge is 0.210 e. The average Bonchev–Trinajstić information content (AvgIpc) is 2.28. The molecule has 2 heteroatoms. The molecule has 1 heterocycles. The Balaban J connectivity index is 3.07. The average molecular weight is 209 g/mol. The molecule has 0 N–H and O–H groups in total. The third kappa shape index (κ3) is 1.82. The molecule has 0 bridgehead atoms. The fourth-order valence-electron chi connectivity index (χ4n) is 3.22. The SMILES string of the molecule is C=C1CCN(C=O)C(CC)(CC)C1CC. The van der Waals surface area contributed by atoms with Gasteiger partial charge in [0.05, 0.1) is 0 Å². The van der Waals surface area contributed by atoms with Gasteiger partial charge < -0.3 is 4.90 Å². The van der Waals surface area contributed by atoms with Crippen LogP contribution >= 0.6 is 0 Å². The molecule has 2 nitrogen and oxygen atoms in total. The first kappa shape index (κ1) is 12.3. The fourth-order valence-corrected chi connectivity index (χ4v) is 3.22. The van der Waals surface area contributed by atoms with E-state index in [2.05, 4.69) is 27.4 Å². The Morgan fingerprint density at radius 1 is 1.47 bits per heavy atom. The number of likely N-dealkylation sites (tertiary alicyclic amines) is 1. The van der Waals surface area contributed by atoms with Crippen molar-refractivity contribution in [2.45, 2.75) is 52.0 Å². The maximum Gasteiger partial charge on any atom is 0.210 e. The van der Waals surface area contributed by atoms with Crippen LogP contribution < -0.4 is 0 Å². The van der Waals surface area contributed by atoms with E-state index in [1.165, 1.54) is 5.57 Å². The number of hydrogen-bond acceptors (Lipinski definition) is 1. The van der Waals surface area contributed by atoms with Gasteiger partial charge in [0.2, 0.25) is 6.41 Å². The van der Waals surface area contributed by atoms with Crippen LogP contribution in [0.1, 0.15) is 46.5 Å². The Bertz CT molecular complexity index is 243.